The topological polar surface area (TPSA) is 38.0 Å². The molecule has 4 nitrogen and oxygen atoms in total. The first-order valence-electron chi connectivity index (χ1n) is 9.19. The van der Waals surface area contributed by atoms with Gasteiger partial charge in [0, 0.05) is 10.6 Å². The summed E-state index contributed by atoms with van der Waals surface area (Å²) in [5.74, 6) is -0.398. The molecule has 1 heterocycles. The van der Waals surface area contributed by atoms with Gasteiger partial charge in [0.25, 0.3) is 5.91 Å². The maximum atomic E-state index is 13.0. The third kappa shape index (κ3) is 5.70. The number of anilines is 1. The number of halogens is 4. The van der Waals surface area contributed by atoms with Gasteiger partial charge in [0.15, 0.2) is 6.54 Å². The number of amides is 1. The van der Waals surface area contributed by atoms with E-state index in [1.54, 1.807) is 0 Å². The van der Waals surface area contributed by atoms with Crippen molar-refractivity contribution in [2.75, 3.05) is 38.0 Å². The molecule has 1 amide bonds. The number of para-hydroxylation sites is 1. The molecule has 28 heavy (non-hydrogen) atoms. The average molecular weight is 414 g/mol. The van der Waals surface area contributed by atoms with Crippen molar-refractivity contribution in [1.82, 2.24) is 0 Å². The average Bonchev–Trinajstić information content (AvgIpc) is 2.63. The fourth-order valence-electron chi connectivity index (χ4n) is 3.51. The predicted octanol–water partition coefficient (Wildman–Crippen LogP) is 1.28. The fraction of sp³-hybridized carbons (Fsp3) is 0.350. The highest BCUT2D eigenvalue weighted by Crippen LogP contribution is 2.34. The highest BCUT2D eigenvalue weighted by molar-refractivity contribution is 6.30. The van der Waals surface area contributed by atoms with Gasteiger partial charge in [0.1, 0.15) is 32.7 Å². The van der Waals surface area contributed by atoms with Crippen molar-refractivity contribution in [2.24, 2.45) is 0 Å². The zero-order valence-corrected chi connectivity index (χ0v) is 16.0. The Kier molecular flexibility index (Phi) is 6.59. The molecule has 0 bridgehead atoms. The summed E-state index contributed by atoms with van der Waals surface area (Å²) in [5, 5.41) is 3.14. The van der Waals surface area contributed by atoms with Crippen LogP contribution in [0.15, 0.2) is 48.5 Å². The lowest BCUT2D eigenvalue weighted by Gasteiger charge is -2.29. The number of benzene rings is 2. The van der Waals surface area contributed by atoms with E-state index in [4.69, 9.17) is 11.6 Å². The van der Waals surface area contributed by atoms with Crippen LogP contribution in [0.3, 0.4) is 0 Å². The Morgan fingerprint density at radius 1 is 1.00 bits per heavy atom. The number of carbonyl (C=O) groups is 1. The van der Waals surface area contributed by atoms with Crippen LogP contribution in [0.2, 0.25) is 5.02 Å². The Morgan fingerprint density at radius 3 is 2.36 bits per heavy atom. The van der Waals surface area contributed by atoms with Crippen LogP contribution in [0, 0.1) is 0 Å². The normalized spacial score (nSPS) is 20.0. The van der Waals surface area contributed by atoms with Gasteiger partial charge in [-0.2, -0.15) is 13.2 Å². The van der Waals surface area contributed by atoms with Crippen LogP contribution in [-0.4, -0.2) is 38.6 Å². The van der Waals surface area contributed by atoms with E-state index in [0.717, 1.165) is 48.7 Å². The van der Waals surface area contributed by atoms with Gasteiger partial charge in [0.2, 0.25) is 0 Å². The number of carbonyl (C=O) groups excluding carboxylic acids is 1. The van der Waals surface area contributed by atoms with Crippen molar-refractivity contribution in [3.05, 3.63) is 64.7 Å². The number of piperazine rings is 1. The Morgan fingerprint density at radius 2 is 1.68 bits per heavy atom. The van der Waals surface area contributed by atoms with Gasteiger partial charge in [-0.25, -0.2) is 0 Å². The summed E-state index contributed by atoms with van der Waals surface area (Å²) in [4.78, 5) is 14.7. The smallest absolute Gasteiger partial charge is 0.322 e. The van der Waals surface area contributed by atoms with Gasteiger partial charge < -0.3 is 15.1 Å². The molecule has 150 valence electrons. The number of rotatable bonds is 5. The Balaban J connectivity index is 1.49. The van der Waals surface area contributed by atoms with E-state index in [9.17, 15) is 18.0 Å². The molecule has 0 spiro atoms. The molecule has 2 aromatic carbocycles. The minimum Gasteiger partial charge on any atom is -0.322 e. The second-order valence-electron chi connectivity index (χ2n) is 7.07. The number of hydrogen-bond acceptors (Lipinski definition) is 1. The maximum Gasteiger partial charge on any atom is 0.418 e. The Bertz CT molecular complexity index is 820. The molecule has 0 saturated carbocycles. The van der Waals surface area contributed by atoms with Crippen molar-refractivity contribution >= 4 is 23.2 Å². The first kappa shape index (κ1) is 20.6. The molecule has 2 aromatic rings. The van der Waals surface area contributed by atoms with Crippen LogP contribution in [0.1, 0.15) is 11.1 Å². The highest BCUT2D eigenvalue weighted by atomic mass is 35.5. The van der Waals surface area contributed by atoms with Crippen LogP contribution < -0.4 is 15.1 Å². The van der Waals surface area contributed by atoms with Crippen molar-refractivity contribution in [3.63, 3.8) is 0 Å². The van der Waals surface area contributed by atoms with Crippen LogP contribution in [0.5, 0.6) is 0 Å². The van der Waals surface area contributed by atoms with E-state index in [-0.39, 0.29) is 12.2 Å². The van der Waals surface area contributed by atoms with Crippen LogP contribution in [0.4, 0.5) is 18.9 Å². The van der Waals surface area contributed by atoms with E-state index in [1.807, 2.05) is 24.3 Å². The zero-order chi connectivity index (χ0) is 20.1. The minimum absolute atomic E-state index is 0.163. The highest BCUT2D eigenvalue weighted by Gasteiger charge is 2.34. The van der Waals surface area contributed by atoms with Crippen molar-refractivity contribution < 1.29 is 27.8 Å². The molecule has 1 saturated heterocycles. The summed E-state index contributed by atoms with van der Waals surface area (Å²) in [6.45, 7) is 4.42. The second kappa shape index (κ2) is 8.94. The monoisotopic (exact) mass is 413 g/mol. The molecule has 0 unspecified atom stereocenters. The summed E-state index contributed by atoms with van der Waals surface area (Å²) >= 11 is 6.02. The molecule has 0 radical (unpaired) electrons. The first-order valence-corrected chi connectivity index (χ1v) is 9.57. The molecular formula is C20H23ClF3N3O+2. The Hall–Kier alpha value is -2.09. The van der Waals surface area contributed by atoms with E-state index in [1.165, 1.54) is 28.7 Å². The zero-order valence-electron chi connectivity index (χ0n) is 15.3. The summed E-state index contributed by atoms with van der Waals surface area (Å²) in [6, 6.07) is 12.8. The number of quaternary nitrogens is 2. The lowest BCUT2D eigenvalue weighted by molar-refractivity contribution is -1.02. The van der Waals surface area contributed by atoms with E-state index in [0.29, 0.717) is 0 Å². The number of alkyl halides is 3. The first-order chi connectivity index (χ1) is 13.3. The molecule has 8 heteroatoms. The summed E-state index contributed by atoms with van der Waals surface area (Å²) in [5.41, 5.74) is 0.159. The third-order valence-corrected chi connectivity index (χ3v) is 5.16. The third-order valence-electron chi connectivity index (χ3n) is 4.92. The molecule has 1 aliphatic rings. The predicted molar refractivity (Wildman–Crippen MR) is 101 cm³/mol. The van der Waals surface area contributed by atoms with Crippen LogP contribution >= 0.6 is 11.6 Å². The van der Waals surface area contributed by atoms with Gasteiger partial charge in [-0.15, -0.1) is 0 Å². The maximum absolute atomic E-state index is 13.0. The van der Waals surface area contributed by atoms with E-state index >= 15 is 0 Å². The van der Waals surface area contributed by atoms with Crippen molar-refractivity contribution in [1.29, 1.82) is 0 Å². The lowest BCUT2D eigenvalue weighted by atomic mass is 10.1. The molecular weight excluding hydrogens is 391 g/mol. The molecule has 3 rings (SSSR count). The summed E-state index contributed by atoms with van der Waals surface area (Å²) in [6.07, 6.45) is -4.49. The molecule has 0 aromatic heterocycles. The largest absolute Gasteiger partial charge is 0.418 e. The van der Waals surface area contributed by atoms with Crippen molar-refractivity contribution in [2.45, 2.75) is 12.7 Å². The van der Waals surface area contributed by atoms with Gasteiger partial charge in [-0.05, 0) is 24.3 Å². The van der Waals surface area contributed by atoms with Crippen molar-refractivity contribution in [3.8, 4) is 0 Å². The SMILES string of the molecule is O=C(C[NH+]1CC[NH+](Cc2cccc(Cl)c2)CC1)Nc1ccccc1C(F)(F)F. The summed E-state index contributed by atoms with van der Waals surface area (Å²) < 4.78 is 39.1. The van der Waals surface area contributed by atoms with E-state index in [2.05, 4.69) is 5.32 Å². The second-order valence-corrected chi connectivity index (χ2v) is 7.51. The lowest BCUT2D eigenvalue weighted by Crippen LogP contribution is -3.28. The van der Waals surface area contributed by atoms with Crippen LogP contribution in [-0.2, 0) is 17.5 Å². The fourth-order valence-corrected chi connectivity index (χ4v) is 3.72. The van der Waals surface area contributed by atoms with Gasteiger partial charge in [-0.1, -0.05) is 35.9 Å². The summed E-state index contributed by atoms with van der Waals surface area (Å²) in [7, 11) is 0. The molecule has 3 N–H and O–H groups in total. The van der Waals surface area contributed by atoms with Gasteiger partial charge in [0.05, 0.1) is 11.3 Å². The quantitative estimate of drug-likeness (QED) is 0.679. The van der Waals surface area contributed by atoms with Gasteiger partial charge >= 0.3 is 6.18 Å². The molecule has 1 aliphatic heterocycles. The molecule has 0 aliphatic carbocycles. The minimum atomic E-state index is -4.49. The number of hydrogen-bond donors (Lipinski definition) is 3. The standard InChI is InChI=1S/C20H21ClF3N3O/c21-16-5-3-4-15(12-16)13-26-8-10-27(11-9-26)14-19(28)25-18-7-2-1-6-17(18)20(22,23)24/h1-7,12H,8-11,13-14H2,(H,25,28)/p+2. The van der Waals surface area contributed by atoms with Crippen LogP contribution in [0.25, 0.3) is 0 Å². The van der Waals surface area contributed by atoms with Gasteiger partial charge in [-0.3, -0.25) is 4.79 Å². The van der Waals surface area contributed by atoms with E-state index < -0.39 is 17.6 Å². The molecule has 1 fully saturated rings. The number of nitrogens with one attached hydrogen (secondary N) is 3. The Labute approximate surface area is 166 Å². The molecule has 0 atom stereocenters.